The molecule has 5 rings (SSSR count). The number of carbonyl (C=O) groups excluding carboxylic acids is 1. The number of benzene rings is 1. The lowest BCUT2D eigenvalue weighted by molar-refractivity contribution is -0.155. The SMILES string of the molecule is O=C(NCC1(CO)CCC1)C1(OCc2cc(=O)n3[nH]c(-c4ccccc4)nc3n2)CCCCC1. The standard InChI is InChI=1S/C25H31N5O4/c31-17-24(10-7-11-24)16-26-22(33)25(12-5-2-6-13-25)34-15-19-14-20(32)30-23(27-19)28-21(29-30)18-8-3-1-4-9-18/h1,3-4,8-9,14,31H,2,5-7,10-13,15-17H2,(H,26,33)(H,27,28,29). The van der Waals surface area contributed by atoms with Crippen LogP contribution in [-0.4, -0.2) is 49.3 Å². The third-order valence-corrected chi connectivity index (χ3v) is 7.38. The van der Waals surface area contributed by atoms with Gasteiger partial charge in [0, 0.05) is 23.6 Å². The summed E-state index contributed by atoms with van der Waals surface area (Å²) in [5, 5.41) is 15.8. The van der Waals surface area contributed by atoms with Crippen LogP contribution in [0.15, 0.2) is 41.2 Å². The van der Waals surface area contributed by atoms with Gasteiger partial charge in [0.15, 0.2) is 5.82 Å². The van der Waals surface area contributed by atoms with Gasteiger partial charge in [-0.3, -0.25) is 14.7 Å². The van der Waals surface area contributed by atoms with Crippen molar-refractivity contribution in [1.29, 1.82) is 0 Å². The van der Waals surface area contributed by atoms with E-state index in [-0.39, 0.29) is 35.9 Å². The first kappa shape index (κ1) is 22.7. The van der Waals surface area contributed by atoms with Gasteiger partial charge in [0.1, 0.15) is 5.60 Å². The maximum atomic E-state index is 13.3. The van der Waals surface area contributed by atoms with Crippen LogP contribution in [-0.2, 0) is 16.1 Å². The lowest BCUT2D eigenvalue weighted by Crippen LogP contribution is -2.54. The smallest absolute Gasteiger partial charge is 0.274 e. The number of hydrogen-bond acceptors (Lipinski definition) is 6. The summed E-state index contributed by atoms with van der Waals surface area (Å²) >= 11 is 0. The summed E-state index contributed by atoms with van der Waals surface area (Å²) in [6.07, 6.45) is 7.10. The van der Waals surface area contributed by atoms with Crippen molar-refractivity contribution in [2.45, 2.75) is 63.6 Å². The van der Waals surface area contributed by atoms with Crippen LogP contribution < -0.4 is 10.9 Å². The number of fused-ring (bicyclic) bond motifs is 1. The number of aliphatic hydroxyl groups is 1. The molecule has 1 amide bonds. The molecule has 2 aromatic heterocycles. The number of hydrogen-bond donors (Lipinski definition) is 3. The van der Waals surface area contributed by atoms with Gasteiger partial charge in [-0.15, -0.1) is 0 Å². The average molecular weight is 466 g/mol. The Kier molecular flexibility index (Phi) is 6.22. The number of aromatic nitrogens is 4. The van der Waals surface area contributed by atoms with E-state index in [4.69, 9.17) is 4.74 Å². The lowest BCUT2D eigenvalue weighted by atomic mass is 9.69. The Balaban J connectivity index is 1.33. The maximum absolute atomic E-state index is 13.3. The lowest BCUT2D eigenvalue weighted by Gasteiger charge is -2.42. The molecule has 2 fully saturated rings. The van der Waals surface area contributed by atoms with E-state index in [9.17, 15) is 14.7 Å². The highest BCUT2D eigenvalue weighted by Crippen LogP contribution is 2.40. The molecular formula is C25H31N5O4. The topological polar surface area (TPSA) is 122 Å². The number of ether oxygens (including phenoxy) is 1. The van der Waals surface area contributed by atoms with Crippen LogP contribution in [0.2, 0.25) is 0 Å². The Morgan fingerprint density at radius 1 is 1.09 bits per heavy atom. The molecule has 2 aliphatic rings. The summed E-state index contributed by atoms with van der Waals surface area (Å²) in [5.74, 6) is 0.693. The Morgan fingerprint density at radius 2 is 1.85 bits per heavy atom. The molecule has 3 N–H and O–H groups in total. The summed E-state index contributed by atoms with van der Waals surface area (Å²) in [7, 11) is 0. The highest BCUT2D eigenvalue weighted by molar-refractivity contribution is 5.85. The second-order valence-electron chi connectivity index (χ2n) is 9.70. The van der Waals surface area contributed by atoms with Gasteiger partial charge in [-0.2, -0.15) is 9.50 Å². The highest BCUT2D eigenvalue weighted by Gasteiger charge is 2.43. The molecular weight excluding hydrogens is 434 g/mol. The number of carbonyl (C=O) groups is 1. The average Bonchev–Trinajstić information content (AvgIpc) is 3.28. The van der Waals surface area contributed by atoms with Crippen molar-refractivity contribution in [3.05, 3.63) is 52.4 Å². The zero-order valence-corrected chi connectivity index (χ0v) is 19.3. The normalized spacial score (nSPS) is 19.0. The van der Waals surface area contributed by atoms with E-state index in [1.165, 1.54) is 10.6 Å². The van der Waals surface area contributed by atoms with Crippen molar-refractivity contribution >= 4 is 11.7 Å². The van der Waals surface area contributed by atoms with Gasteiger partial charge in [0.2, 0.25) is 0 Å². The van der Waals surface area contributed by atoms with Crippen LogP contribution in [0, 0.1) is 5.41 Å². The minimum Gasteiger partial charge on any atom is -0.396 e. The molecule has 9 heteroatoms. The second-order valence-corrected chi connectivity index (χ2v) is 9.70. The molecule has 2 saturated carbocycles. The van der Waals surface area contributed by atoms with Crippen molar-refractivity contribution in [3.8, 4) is 11.4 Å². The molecule has 0 aliphatic heterocycles. The molecule has 34 heavy (non-hydrogen) atoms. The maximum Gasteiger partial charge on any atom is 0.274 e. The molecule has 0 bridgehead atoms. The number of aromatic amines is 1. The van der Waals surface area contributed by atoms with E-state index in [1.807, 2.05) is 30.3 Å². The second kappa shape index (κ2) is 9.31. The molecule has 2 aliphatic carbocycles. The molecule has 0 atom stereocenters. The van der Waals surface area contributed by atoms with E-state index in [1.54, 1.807) is 0 Å². The highest BCUT2D eigenvalue weighted by atomic mass is 16.5. The van der Waals surface area contributed by atoms with Crippen molar-refractivity contribution < 1.29 is 14.6 Å². The summed E-state index contributed by atoms with van der Waals surface area (Å²) in [5.41, 5.74) is -0.111. The molecule has 3 aromatic rings. The zero-order valence-electron chi connectivity index (χ0n) is 19.3. The Labute approximate surface area is 197 Å². The predicted molar refractivity (Wildman–Crippen MR) is 126 cm³/mol. The third kappa shape index (κ3) is 4.37. The van der Waals surface area contributed by atoms with Crippen LogP contribution in [0.4, 0.5) is 0 Å². The number of amides is 1. The fourth-order valence-corrected chi connectivity index (χ4v) is 4.99. The third-order valence-electron chi connectivity index (χ3n) is 7.38. The van der Waals surface area contributed by atoms with Gasteiger partial charge in [0.05, 0.1) is 18.9 Å². The first-order chi connectivity index (χ1) is 16.5. The van der Waals surface area contributed by atoms with Crippen LogP contribution >= 0.6 is 0 Å². The summed E-state index contributed by atoms with van der Waals surface area (Å²) < 4.78 is 7.55. The zero-order chi connectivity index (χ0) is 23.6. The van der Waals surface area contributed by atoms with Gasteiger partial charge in [0.25, 0.3) is 17.2 Å². The molecule has 0 saturated heterocycles. The van der Waals surface area contributed by atoms with Crippen LogP contribution in [0.25, 0.3) is 17.2 Å². The van der Waals surface area contributed by atoms with Crippen LogP contribution in [0.5, 0.6) is 0 Å². The van der Waals surface area contributed by atoms with Crippen molar-refractivity contribution in [2.75, 3.05) is 13.2 Å². The fourth-order valence-electron chi connectivity index (χ4n) is 4.99. The molecule has 2 heterocycles. The summed E-state index contributed by atoms with van der Waals surface area (Å²) in [6.45, 7) is 0.607. The Morgan fingerprint density at radius 3 is 2.53 bits per heavy atom. The van der Waals surface area contributed by atoms with Crippen LogP contribution in [0.1, 0.15) is 57.1 Å². The number of nitrogens with zero attached hydrogens (tertiary/aromatic N) is 3. The van der Waals surface area contributed by atoms with Crippen molar-refractivity contribution in [3.63, 3.8) is 0 Å². The molecule has 9 nitrogen and oxygen atoms in total. The van der Waals surface area contributed by atoms with E-state index in [2.05, 4.69) is 20.4 Å². The molecule has 180 valence electrons. The Hall–Kier alpha value is -3.04. The predicted octanol–water partition coefficient (Wildman–Crippen LogP) is 2.58. The molecule has 1 aromatic carbocycles. The molecule has 0 spiro atoms. The number of H-pyrrole nitrogens is 1. The largest absolute Gasteiger partial charge is 0.396 e. The van der Waals surface area contributed by atoms with E-state index in [0.717, 1.165) is 44.1 Å². The molecule has 0 unspecified atom stereocenters. The summed E-state index contributed by atoms with van der Waals surface area (Å²) in [4.78, 5) is 34.9. The van der Waals surface area contributed by atoms with Crippen molar-refractivity contribution in [1.82, 2.24) is 24.9 Å². The Bertz CT molecular complexity index is 1200. The van der Waals surface area contributed by atoms with Gasteiger partial charge in [-0.25, -0.2) is 4.98 Å². The van der Waals surface area contributed by atoms with Crippen LogP contribution in [0.3, 0.4) is 0 Å². The fraction of sp³-hybridized carbons (Fsp3) is 0.520. The number of aliphatic hydroxyl groups excluding tert-OH is 1. The van der Waals surface area contributed by atoms with E-state index < -0.39 is 5.60 Å². The minimum atomic E-state index is -0.938. The van der Waals surface area contributed by atoms with E-state index >= 15 is 0 Å². The molecule has 0 radical (unpaired) electrons. The van der Waals surface area contributed by atoms with Gasteiger partial charge >= 0.3 is 0 Å². The van der Waals surface area contributed by atoms with Gasteiger partial charge < -0.3 is 15.2 Å². The first-order valence-corrected chi connectivity index (χ1v) is 12.1. The number of rotatable bonds is 8. The quantitative estimate of drug-likeness (QED) is 0.470. The monoisotopic (exact) mass is 465 g/mol. The minimum absolute atomic E-state index is 0.0534. The first-order valence-electron chi connectivity index (χ1n) is 12.1. The van der Waals surface area contributed by atoms with Crippen molar-refractivity contribution in [2.24, 2.45) is 5.41 Å². The number of nitrogens with one attached hydrogen (secondary N) is 2. The van der Waals surface area contributed by atoms with E-state index in [0.29, 0.717) is 30.9 Å². The van der Waals surface area contributed by atoms with Gasteiger partial charge in [-0.1, -0.05) is 56.0 Å². The summed E-state index contributed by atoms with van der Waals surface area (Å²) in [6, 6.07) is 11.0. The van der Waals surface area contributed by atoms with Gasteiger partial charge in [-0.05, 0) is 25.7 Å².